The molecule has 0 spiro atoms. The van der Waals surface area contributed by atoms with E-state index in [0.717, 1.165) is 11.3 Å². The molecular formula is C12H17N3O2. The molecule has 5 heteroatoms. The van der Waals surface area contributed by atoms with E-state index in [1.165, 1.54) is 0 Å². The number of hydrogen-bond donors (Lipinski definition) is 0. The fourth-order valence-electron chi connectivity index (χ4n) is 1.54. The summed E-state index contributed by atoms with van der Waals surface area (Å²) in [5, 5.41) is 3.43. The second-order valence-electron chi connectivity index (χ2n) is 3.84. The monoisotopic (exact) mass is 235 g/mol. The Morgan fingerprint density at radius 2 is 2.18 bits per heavy atom. The molecule has 0 N–H and O–H groups in total. The van der Waals surface area contributed by atoms with Crippen LogP contribution in [0.5, 0.6) is 11.5 Å². The van der Waals surface area contributed by atoms with Crippen LogP contribution in [0, 0.1) is 0 Å². The summed E-state index contributed by atoms with van der Waals surface area (Å²) in [6.07, 6.45) is 0. The van der Waals surface area contributed by atoms with Crippen molar-refractivity contribution in [1.29, 1.82) is 0 Å². The van der Waals surface area contributed by atoms with E-state index in [-0.39, 0.29) is 0 Å². The third kappa shape index (κ3) is 3.57. The minimum atomic E-state index is 0.312. The highest BCUT2D eigenvalue weighted by Gasteiger charge is 2.12. The highest BCUT2D eigenvalue weighted by Crippen LogP contribution is 2.35. The van der Waals surface area contributed by atoms with E-state index in [4.69, 9.17) is 15.0 Å². The van der Waals surface area contributed by atoms with E-state index in [0.29, 0.717) is 24.8 Å². The van der Waals surface area contributed by atoms with Crippen LogP contribution >= 0.6 is 0 Å². The zero-order valence-electron chi connectivity index (χ0n) is 10.4. The fourth-order valence-corrected chi connectivity index (χ4v) is 1.54. The van der Waals surface area contributed by atoms with Gasteiger partial charge in [0.15, 0.2) is 11.5 Å². The molecule has 0 unspecified atom stereocenters. The van der Waals surface area contributed by atoms with Crippen LogP contribution in [0.4, 0.5) is 0 Å². The van der Waals surface area contributed by atoms with Crippen molar-refractivity contribution in [2.75, 3.05) is 20.3 Å². The summed E-state index contributed by atoms with van der Waals surface area (Å²) in [5.41, 5.74) is 9.27. The molecule has 1 aromatic rings. The molecule has 0 saturated carbocycles. The second kappa shape index (κ2) is 6.66. The largest absolute Gasteiger partial charge is 0.493 e. The van der Waals surface area contributed by atoms with Crippen molar-refractivity contribution in [3.05, 3.63) is 34.2 Å². The van der Waals surface area contributed by atoms with Gasteiger partial charge in [0.2, 0.25) is 0 Å². The Labute approximate surface area is 101 Å². The molecule has 0 aliphatic rings. The van der Waals surface area contributed by atoms with Crippen molar-refractivity contribution in [3.63, 3.8) is 0 Å². The molecule has 92 valence electrons. The maximum absolute atomic E-state index is 8.19. The number of ether oxygens (including phenoxy) is 2. The van der Waals surface area contributed by atoms with Crippen molar-refractivity contribution >= 4 is 0 Å². The van der Waals surface area contributed by atoms with Crippen molar-refractivity contribution in [2.45, 2.75) is 19.8 Å². The van der Waals surface area contributed by atoms with Crippen LogP contribution in [-0.2, 0) is 0 Å². The minimum absolute atomic E-state index is 0.312. The van der Waals surface area contributed by atoms with Crippen LogP contribution in [0.15, 0.2) is 23.3 Å². The Hall–Kier alpha value is -1.87. The standard InChI is InChI=1S/C12H17N3O2/c1-9(2)10-5-4-6-11(16-3)12(10)17-8-7-14-15-13/h4-6,9H,7-8H2,1-3H3. The molecule has 1 aromatic carbocycles. The summed E-state index contributed by atoms with van der Waals surface area (Å²) in [6.45, 7) is 4.85. The first-order valence-electron chi connectivity index (χ1n) is 5.51. The first kappa shape index (κ1) is 13.2. The van der Waals surface area contributed by atoms with Gasteiger partial charge in [-0.1, -0.05) is 31.1 Å². The van der Waals surface area contributed by atoms with Crippen LogP contribution < -0.4 is 9.47 Å². The van der Waals surface area contributed by atoms with Gasteiger partial charge in [-0.25, -0.2) is 0 Å². The van der Waals surface area contributed by atoms with Gasteiger partial charge in [-0.05, 0) is 17.5 Å². The van der Waals surface area contributed by atoms with Gasteiger partial charge < -0.3 is 9.47 Å². The lowest BCUT2D eigenvalue weighted by Gasteiger charge is -2.16. The molecule has 0 saturated heterocycles. The number of azide groups is 1. The van der Waals surface area contributed by atoms with E-state index in [1.54, 1.807) is 7.11 Å². The molecule has 0 aromatic heterocycles. The Morgan fingerprint density at radius 1 is 1.41 bits per heavy atom. The molecule has 1 rings (SSSR count). The van der Waals surface area contributed by atoms with Crippen LogP contribution in [0.1, 0.15) is 25.3 Å². The molecule has 5 nitrogen and oxygen atoms in total. The number of methoxy groups -OCH3 is 1. The van der Waals surface area contributed by atoms with Crippen molar-refractivity contribution < 1.29 is 9.47 Å². The number of rotatable bonds is 6. The van der Waals surface area contributed by atoms with Gasteiger partial charge in [0.1, 0.15) is 0 Å². The smallest absolute Gasteiger partial charge is 0.164 e. The Kier molecular flexibility index (Phi) is 5.17. The third-order valence-electron chi connectivity index (χ3n) is 2.35. The molecule has 0 aliphatic carbocycles. The molecule has 0 amide bonds. The van der Waals surface area contributed by atoms with Gasteiger partial charge in [0.25, 0.3) is 0 Å². The summed E-state index contributed by atoms with van der Waals surface area (Å²) >= 11 is 0. The molecule has 0 fully saturated rings. The number of nitrogens with zero attached hydrogens (tertiary/aromatic N) is 3. The normalized spacial score (nSPS) is 9.88. The van der Waals surface area contributed by atoms with Gasteiger partial charge >= 0.3 is 0 Å². The van der Waals surface area contributed by atoms with E-state index in [9.17, 15) is 0 Å². The third-order valence-corrected chi connectivity index (χ3v) is 2.35. The average Bonchev–Trinajstić information content (AvgIpc) is 2.34. The first-order chi connectivity index (χ1) is 8.20. The van der Waals surface area contributed by atoms with Crippen LogP contribution in [0.25, 0.3) is 10.4 Å². The van der Waals surface area contributed by atoms with Gasteiger partial charge in [0.05, 0.1) is 20.3 Å². The average molecular weight is 235 g/mol. The van der Waals surface area contributed by atoms with Crippen molar-refractivity contribution in [3.8, 4) is 11.5 Å². The maximum Gasteiger partial charge on any atom is 0.164 e. The number of hydrogen-bond acceptors (Lipinski definition) is 3. The van der Waals surface area contributed by atoms with Gasteiger partial charge in [-0.3, -0.25) is 0 Å². The van der Waals surface area contributed by atoms with Crippen molar-refractivity contribution in [1.82, 2.24) is 0 Å². The second-order valence-corrected chi connectivity index (χ2v) is 3.84. The van der Waals surface area contributed by atoms with Crippen molar-refractivity contribution in [2.24, 2.45) is 5.11 Å². The van der Waals surface area contributed by atoms with Gasteiger partial charge in [-0.15, -0.1) is 0 Å². The van der Waals surface area contributed by atoms with E-state index >= 15 is 0 Å². The van der Waals surface area contributed by atoms with E-state index in [2.05, 4.69) is 23.9 Å². The zero-order chi connectivity index (χ0) is 12.7. The fraction of sp³-hybridized carbons (Fsp3) is 0.500. The summed E-state index contributed by atoms with van der Waals surface area (Å²) in [4.78, 5) is 2.68. The molecule has 17 heavy (non-hydrogen) atoms. The lowest BCUT2D eigenvalue weighted by molar-refractivity contribution is 0.298. The number of benzene rings is 1. The summed E-state index contributed by atoms with van der Waals surface area (Å²) in [6, 6.07) is 5.80. The summed E-state index contributed by atoms with van der Waals surface area (Å²) in [7, 11) is 1.61. The Balaban J connectivity index is 2.88. The number of para-hydroxylation sites is 1. The van der Waals surface area contributed by atoms with Gasteiger partial charge in [-0.2, -0.15) is 0 Å². The van der Waals surface area contributed by atoms with Crippen LogP contribution in [0.2, 0.25) is 0 Å². The Bertz CT molecular complexity index is 412. The molecular weight excluding hydrogens is 218 g/mol. The summed E-state index contributed by atoms with van der Waals surface area (Å²) in [5.74, 6) is 1.79. The highest BCUT2D eigenvalue weighted by atomic mass is 16.5. The molecule has 0 heterocycles. The lowest BCUT2D eigenvalue weighted by atomic mass is 10.0. The SMILES string of the molecule is COc1cccc(C(C)C)c1OCCN=[N+]=[N-]. The zero-order valence-corrected chi connectivity index (χ0v) is 10.4. The Morgan fingerprint density at radius 3 is 2.76 bits per heavy atom. The van der Waals surface area contributed by atoms with E-state index < -0.39 is 0 Å². The van der Waals surface area contributed by atoms with Crippen LogP contribution in [0.3, 0.4) is 0 Å². The molecule has 0 aliphatic heterocycles. The lowest BCUT2D eigenvalue weighted by Crippen LogP contribution is -2.05. The first-order valence-corrected chi connectivity index (χ1v) is 5.51. The van der Waals surface area contributed by atoms with Crippen LogP contribution in [-0.4, -0.2) is 20.3 Å². The van der Waals surface area contributed by atoms with Gasteiger partial charge in [0, 0.05) is 10.5 Å². The highest BCUT2D eigenvalue weighted by molar-refractivity contribution is 5.47. The topological polar surface area (TPSA) is 67.2 Å². The predicted molar refractivity (Wildman–Crippen MR) is 66.6 cm³/mol. The predicted octanol–water partition coefficient (Wildman–Crippen LogP) is 3.51. The molecule has 0 atom stereocenters. The summed E-state index contributed by atoms with van der Waals surface area (Å²) < 4.78 is 10.9. The van der Waals surface area contributed by atoms with E-state index in [1.807, 2.05) is 18.2 Å². The quantitative estimate of drug-likeness (QED) is 0.327. The maximum atomic E-state index is 8.19. The minimum Gasteiger partial charge on any atom is -0.493 e. The molecule has 0 bridgehead atoms. The molecule has 0 radical (unpaired) electrons.